The normalized spacial score (nSPS) is 11.6. The van der Waals surface area contributed by atoms with Crippen LogP contribution in [0.25, 0.3) is 0 Å². The summed E-state index contributed by atoms with van der Waals surface area (Å²) in [5.41, 5.74) is 6.70. The quantitative estimate of drug-likeness (QED) is 0.809. The van der Waals surface area contributed by atoms with Crippen molar-refractivity contribution in [1.82, 2.24) is 9.88 Å². The molecular formula is C11H21N3S. The Morgan fingerprint density at radius 1 is 1.53 bits per heavy atom. The highest BCUT2D eigenvalue weighted by molar-refractivity contribution is 7.09. The molecule has 0 amide bonds. The van der Waals surface area contributed by atoms with Crippen molar-refractivity contribution in [3.63, 3.8) is 0 Å². The van der Waals surface area contributed by atoms with Crippen molar-refractivity contribution in [2.24, 2.45) is 11.7 Å². The Labute approximate surface area is 96.3 Å². The minimum atomic E-state index is 0.557. The van der Waals surface area contributed by atoms with Gasteiger partial charge < -0.3 is 5.73 Å². The van der Waals surface area contributed by atoms with Gasteiger partial charge in [-0.25, -0.2) is 4.98 Å². The Morgan fingerprint density at radius 3 is 2.73 bits per heavy atom. The van der Waals surface area contributed by atoms with Crippen molar-refractivity contribution in [1.29, 1.82) is 0 Å². The van der Waals surface area contributed by atoms with Gasteiger partial charge in [-0.15, -0.1) is 11.3 Å². The number of hydrogen-bond acceptors (Lipinski definition) is 4. The lowest BCUT2D eigenvalue weighted by atomic mass is 10.2. The van der Waals surface area contributed by atoms with Crippen molar-refractivity contribution in [2.45, 2.75) is 33.9 Å². The van der Waals surface area contributed by atoms with Gasteiger partial charge in [0.1, 0.15) is 5.01 Å². The van der Waals surface area contributed by atoms with Gasteiger partial charge in [-0.3, -0.25) is 4.90 Å². The van der Waals surface area contributed by atoms with Crippen LogP contribution in [0.5, 0.6) is 0 Å². The molecule has 0 spiro atoms. The summed E-state index contributed by atoms with van der Waals surface area (Å²) in [5.74, 6) is 0.706. The van der Waals surface area contributed by atoms with Crippen LogP contribution in [0.2, 0.25) is 0 Å². The molecule has 0 aromatic carbocycles. The molecule has 0 unspecified atom stereocenters. The predicted molar refractivity (Wildman–Crippen MR) is 65.8 cm³/mol. The zero-order valence-corrected chi connectivity index (χ0v) is 10.7. The van der Waals surface area contributed by atoms with Crippen molar-refractivity contribution in [2.75, 3.05) is 13.1 Å². The molecule has 1 aromatic heterocycles. The van der Waals surface area contributed by atoms with Crippen molar-refractivity contribution >= 4 is 11.3 Å². The van der Waals surface area contributed by atoms with Crippen LogP contribution >= 0.6 is 11.3 Å². The second-order valence-corrected chi connectivity index (χ2v) is 5.10. The number of nitrogens with zero attached hydrogens (tertiary/aromatic N) is 2. The van der Waals surface area contributed by atoms with Gasteiger partial charge in [-0.2, -0.15) is 0 Å². The molecular weight excluding hydrogens is 206 g/mol. The third-order valence-corrected chi connectivity index (χ3v) is 3.15. The molecule has 86 valence electrons. The van der Waals surface area contributed by atoms with Crippen molar-refractivity contribution < 1.29 is 0 Å². The first-order chi connectivity index (χ1) is 7.15. The van der Waals surface area contributed by atoms with Gasteiger partial charge in [-0.1, -0.05) is 20.8 Å². The summed E-state index contributed by atoms with van der Waals surface area (Å²) in [7, 11) is 0. The van der Waals surface area contributed by atoms with Crippen LogP contribution in [-0.2, 0) is 13.1 Å². The number of nitrogens with two attached hydrogens (primary N) is 1. The lowest BCUT2D eigenvalue weighted by Crippen LogP contribution is -2.27. The van der Waals surface area contributed by atoms with E-state index in [-0.39, 0.29) is 0 Å². The first-order valence-electron chi connectivity index (χ1n) is 5.51. The van der Waals surface area contributed by atoms with E-state index in [4.69, 9.17) is 5.73 Å². The summed E-state index contributed by atoms with van der Waals surface area (Å²) in [6.07, 6.45) is 0. The molecule has 1 aromatic rings. The maximum absolute atomic E-state index is 5.54. The molecule has 0 aliphatic heterocycles. The molecule has 0 aliphatic rings. The molecule has 3 nitrogen and oxygen atoms in total. The minimum absolute atomic E-state index is 0.557. The second kappa shape index (κ2) is 6.20. The molecule has 4 heteroatoms. The molecule has 1 heterocycles. The number of thiazole rings is 1. The molecule has 0 radical (unpaired) electrons. The standard InChI is InChI=1S/C11H21N3S/c1-4-14(6-9(2)3)7-10-8-15-11(5-12)13-10/h8-9H,4-7,12H2,1-3H3. The summed E-state index contributed by atoms with van der Waals surface area (Å²) in [5, 5.41) is 3.15. The van der Waals surface area contributed by atoms with Gasteiger partial charge in [0.15, 0.2) is 0 Å². The van der Waals surface area contributed by atoms with E-state index in [9.17, 15) is 0 Å². The largest absolute Gasteiger partial charge is 0.325 e. The smallest absolute Gasteiger partial charge is 0.106 e. The number of rotatable bonds is 6. The summed E-state index contributed by atoms with van der Waals surface area (Å²) < 4.78 is 0. The Balaban J connectivity index is 2.50. The molecule has 0 aliphatic carbocycles. The van der Waals surface area contributed by atoms with Gasteiger partial charge in [0, 0.05) is 25.0 Å². The lowest BCUT2D eigenvalue weighted by Gasteiger charge is -2.21. The minimum Gasteiger partial charge on any atom is -0.325 e. The summed E-state index contributed by atoms with van der Waals surface area (Å²) in [4.78, 5) is 6.89. The van der Waals surface area contributed by atoms with Crippen LogP contribution in [-0.4, -0.2) is 23.0 Å². The predicted octanol–water partition coefficient (Wildman–Crippen LogP) is 2.08. The van der Waals surface area contributed by atoms with E-state index >= 15 is 0 Å². The monoisotopic (exact) mass is 227 g/mol. The molecule has 0 saturated carbocycles. The van der Waals surface area contributed by atoms with Gasteiger partial charge in [-0.05, 0) is 12.5 Å². The second-order valence-electron chi connectivity index (χ2n) is 4.16. The molecule has 0 atom stereocenters. The maximum atomic E-state index is 5.54. The fourth-order valence-corrected chi connectivity index (χ4v) is 2.23. The number of hydrogen-bond donors (Lipinski definition) is 1. The highest BCUT2D eigenvalue weighted by atomic mass is 32.1. The van der Waals surface area contributed by atoms with Crippen LogP contribution < -0.4 is 5.73 Å². The van der Waals surface area contributed by atoms with Gasteiger partial charge in [0.2, 0.25) is 0 Å². The maximum Gasteiger partial charge on any atom is 0.106 e. The highest BCUT2D eigenvalue weighted by Gasteiger charge is 2.08. The zero-order valence-electron chi connectivity index (χ0n) is 9.86. The number of aromatic nitrogens is 1. The average molecular weight is 227 g/mol. The van der Waals surface area contributed by atoms with E-state index < -0.39 is 0 Å². The average Bonchev–Trinajstić information content (AvgIpc) is 2.64. The third kappa shape index (κ3) is 4.28. The van der Waals surface area contributed by atoms with Crippen LogP contribution in [0.4, 0.5) is 0 Å². The van der Waals surface area contributed by atoms with Gasteiger partial charge >= 0.3 is 0 Å². The summed E-state index contributed by atoms with van der Waals surface area (Å²) >= 11 is 1.66. The van der Waals surface area contributed by atoms with Crippen LogP contribution in [0.15, 0.2) is 5.38 Å². The van der Waals surface area contributed by atoms with Crippen molar-refractivity contribution in [3.05, 3.63) is 16.1 Å². The van der Waals surface area contributed by atoms with E-state index in [0.29, 0.717) is 12.5 Å². The van der Waals surface area contributed by atoms with Crippen LogP contribution in [0, 0.1) is 5.92 Å². The van der Waals surface area contributed by atoms with E-state index in [2.05, 4.69) is 36.0 Å². The summed E-state index contributed by atoms with van der Waals surface area (Å²) in [6.45, 7) is 10.4. The Morgan fingerprint density at radius 2 is 2.27 bits per heavy atom. The molecule has 0 saturated heterocycles. The molecule has 1 rings (SSSR count). The molecule has 0 fully saturated rings. The molecule has 15 heavy (non-hydrogen) atoms. The van der Waals surface area contributed by atoms with E-state index in [1.807, 2.05) is 0 Å². The van der Waals surface area contributed by atoms with Crippen LogP contribution in [0.3, 0.4) is 0 Å². The lowest BCUT2D eigenvalue weighted by molar-refractivity contribution is 0.246. The van der Waals surface area contributed by atoms with E-state index in [1.54, 1.807) is 11.3 Å². The van der Waals surface area contributed by atoms with Gasteiger partial charge in [0.05, 0.1) is 5.69 Å². The Hall–Kier alpha value is -0.450. The molecule has 0 bridgehead atoms. The van der Waals surface area contributed by atoms with E-state index in [0.717, 1.165) is 30.3 Å². The highest BCUT2D eigenvalue weighted by Crippen LogP contribution is 2.12. The van der Waals surface area contributed by atoms with E-state index in [1.165, 1.54) is 0 Å². The van der Waals surface area contributed by atoms with Crippen LogP contribution in [0.1, 0.15) is 31.5 Å². The Kier molecular flexibility index (Phi) is 5.22. The Bertz CT molecular complexity index is 283. The molecule has 2 N–H and O–H groups in total. The SMILES string of the molecule is CCN(Cc1csc(CN)n1)CC(C)C. The first kappa shape index (κ1) is 12.6. The first-order valence-corrected chi connectivity index (χ1v) is 6.39. The zero-order chi connectivity index (χ0) is 11.3. The van der Waals surface area contributed by atoms with Gasteiger partial charge in [0.25, 0.3) is 0 Å². The topological polar surface area (TPSA) is 42.1 Å². The fourth-order valence-electron chi connectivity index (χ4n) is 1.57. The third-order valence-electron chi connectivity index (χ3n) is 2.23. The summed E-state index contributed by atoms with van der Waals surface area (Å²) in [6, 6.07) is 0. The van der Waals surface area contributed by atoms with Crippen molar-refractivity contribution in [3.8, 4) is 0 Å². The fraction of sp³-hybridized carbons (Fsp3) is 0.727.